The summed E-state index contributed by atoms with van der Waals surface area (Å²) >= 11 is 26.3. The maximum Gasteiger partial charge on any atom is 0.498 e. The average Bonchev–Trinajstić information content (AvgIpc) is 3.87. The van der Waals surface area contributed by atoms with Gasteiger partial charge in [-0.25, -0.2) is 19.9 Å². The predicted molar refractivity (Wildman–Crippen MR) is 214 cm³/mol. The lowest BCUT2D eigenvalue weighted by atomic mass is 9.79. The fourth-order valence-corrected chi connectivity index (χ4v) is 7.05. The van der Waals surface area contributed by atoms with Gasteiger partial charge in [-0.2, -0.15) is 36.5 Å². The lowest BCUT2D eigenvalue weighted by molar-refractivity contribution is -0.141. The van der Waals surface area contributed by atoms with E-state index in [9.17, 15) is 26.3 Å². The average molecular weight is 1020 g/mol. The van der Waals surface area contributed by atoms with E-state index in [0.717, 1.165) is 18.9 Å². The van der Waals surface area contributed by atoms with Gasteiger partial charge in [-0.1, -0.05) is 46.4 Å². The molecule has 4 aromatic heterocycles. The molecule has 0 unspecified atom stereocenters. The summed E-state index contributed by atoms with van der Waals surface area (Å²) in [7, 11) is -1.06. The van der Waals surface area contributed by atoms with E-state index in [-0.39, 0.29) is 44.9 Å². The second kappa shape index (κ2) is 18.3. The van der Waals surface area contributed by atoms with E-state index >= 15 is 0 Å². The van der Waals surface area contributed by atoms with Crippen LogP contribution in [-0.2, 0) is 31.1 Å². The molecular weight excluding hydrogens is 982 g/mol. The first-order chi connectivity index (χ1) is 26.9. The van der Waals surface area contributed by atoms with Gasteiger partial charge in [0.1, 0.15) is 15.7 Å². The van der Waals surface area contributed by atoms with Crippen molar-refractivity contribution in [3.05, 3.63) is 48.0 Å². The molecule has 3 aliphatic rings. The number of ether oxygens (including phenoxy) is 2. The smallest absolute Gasteiger partial charge is 0.399 e. The molecule has 7 rings (SSSR count). The van der Waals surface area contributed by atoms with Crippen LogP contribution in [0, 0.1) is 3.83 Å². The van der Waals surface area contributed by atoms with Crippen molar-refractivity contribution in [1.29, 1.82) is 0 Å². The highest BCUT2D eigenvalue weighted by atomic mass is 127. The fourth-order valence-electron chi connectivity index (χ4n) is 5.72. The van der Waals surface area contributed by atoms with Gasteiger partial charge in [0.15, 0.2) is 37.3 Å². The summed E-state index contributed by atoms with van der Waals surface area (Å²) in [6.07, 6.45) is -7.02. The van der Waals surface area contributed by atoms with Crippen molar-refractivity contribution in [3.63, 3.8) is 0 Å². The van der Waals surface area contributed by atoms with Gasteiger partial charge in [-0.3, -0.25) is 10.2 Å². The van der Waals surface area contributed by atoms with Crippen LogP contribution in [0.25, 0.3) is 11.4 Å². The van der Waals surface area contributed by atoms with Crippen molar-refractivity contribution in [2.45, 2.75) is 77.2 Å². The number of nitrogens with one attached hydrogen (secondary N) is 2. The van der Waals surface area contributed by atoms with Crippen molar-refractivity contribution in [2.24, 2.45) is 0 Å². The van der Waals surface area contributed by atoms with E-state index in [4.69, 9.17) is 65.2 Å². The Hall–Kier alpha value is -2.45. The molecule has 0 bridgehead atoms. The lowest BCUT2D eigenvalue weighted by Crippen LogP contribution is -2.44. The number of morpholine rings is 2. The molecule has 7 heterocycles. The highest BCUT2D eigenvalue weighted by molar-refractivity contribution is 14.1. The first-order valence-electron chi connectivity index (χ1n) is 17.3. The number of anilines is 2. The predicted octanol–water partition coefficient (Wildman–Crippen LogP) is 7.76. The molecule has 0 radical (unpaired) electrons. The third-order valence-electron chi connectivity index (χ3n) is 9.46. The molecule has 0 spiro atoms. The second-order valence-electron chi connectivity index (χ2n) is 14.1. The van der Waals surface area contributed by atoms with Crippen LogP contribution in [0.2, 0.25) is 20.4 Å². The summed E-state index contributed by atoms with van der Waals surface area (Å²) < 4.78 is 99.8. The molecule has 0 amide bonds. The molecule has 0 saturated carbocycles. The minimum Gasteiger partial charge on any atom is -0.399 e. The number of hydrogen-bond donors (Lipinski definition) is 2. The van der Waals surface area contributed by atoms with Crippen LogP contribution in [0.3, 0.4) is 0 Å². The maximum absolute atomic E-state index is 13.1. The molecule has 0 aromatic carbocycles. The molecule has 3 aliphatic heterocycles. The van der Waals surface area contributed by atoms with Crippen molar-refractivity contribution in [1.82, 2.24) is 40.3 Å². The Kier molecular flexibility index (Phi) is 14.7. The topological polar surface area (TPSA) is 152 Å². The Morgan fingerprint density at radius 3 is 1.69 bits per heavy atom. The van der Waals surface area contributed by atoms with Gasteiger partial charge in [-0.05, 0) is 41.5 Å². The third-order valence-corrected chi connectivity index (χ3v) is 11.4. The Labute approximate surface area is 362 Å². The molecule has 58 heavy (non-hydrogen) atoms. The zero-order valence-corrected chi connectivity index (χ0v) is 36.7. The summed E-state index contributed by atoms with van der Waals surface area (Å²) in [6, 6.07) is 0.189. The summed E-state index contributed by atoms with van der Waals surface area (Å²) in [5.41, 5.74) is -3.75. The molecule has 26 heteroatoms. The monoisotopic (exact) mass is 1020 g/mol. The SMILES string of the molecule is CC1(C)OB(c2cn[nH]c2C(F)(F)F)OC1(C)C.C[C@@H]1COCCN1c1nc(-c2cn[nH]c2C(F)(F)F)nc(Cl)c1Cl.C[C@@H]1COCCN1c1nc(I)nc(Cl)c1Cl. The largest absolute Gasteiger partial charge is 0.498 e. The molecule has 4 aromatic rings. The van der Waals surface area contributed by atoms with Crippen molar-refractivity contribution in [3.8, 4) is 11.4 Å². The van der Waals surface area contributed by atoms with Crippen LogP contribution in [0.15, 0.2) is 12.4 Å². The summed E-state index contributed by atoms with van der Waals surface area (Å²) in [5, 5.41) is 11.4. The Morgan fingerprint density at radius 1 is 0.724 bits per heavy atom. The molecular formula is C32H36BCl4F6IN10O4. The Bertz CT molecular complexity index is 2050. The number of aromatic nitrogens is 8. The number of halogens is 11. The first kappa shape index (κ1) is 46.6. The van der Waals surface area contributed by atoms with Gasteiger partial charge in [0, 0.05) is 47.3 Å². The molecule has 2 atom stereocenters. The number of H-pyrrole nitrogens is 2. The normalized spacial score (nSPS) is 20.7. The molecule has 3 saturated heterocycles. The molecule has 0 aliphatic carbocycles. The summed E-state index contributed by atoms with van der Waals surface area (Å²) in [4.78, 5) is 20.4. The fraction of sp³-hybridized carbons (Fsp3) is 0.562. The van der Waals surface area contributed by atoms with E-state index < -0.39 is 42.1 Å². The van der Waals surface area contributed by atoms with Crippen molar-refractivity contribution < 1.29 is 45.1 Å². The van der Waals surface area contributed by atoms with Crippen LogP contribution < -0.4 is 15.3 Å². The van der Waals surface area contributed by atoms with Crippen molar-refractivity contribution in [2.75, 3.05) is 49.3 Å². The number of nitrogens with zero attached hydrogens (tertiary/aromatic N) is 8. The molecule has 14 nitrogen and oxygen atoms in total. The molecule has 2 N–H and O–H groups in total. The highest BCUT2D eigenvalue weighted by Gasteiger charge is 2.54. The first-order valence-corrected chi connectivity index (χ1v) is 19.9. The maximum atomic E-state index is 13.1. The number of aromatic amines is 2. The molecule has 3 fully saturated rings. The van der Waals surface area contributed by atoms with Crippen LogP contribution in [-0.4, -0.2) is 110 Å². The van der Waals surface area contributed by atoms with Crippen LogP contribution >= 0.6 is 69.0 Å². The number of hydrogen-bond acceptors (Lipinski definition) is 12. The van der Waals surface area contributed by atoms with E-state index in [1.165, 1.54) is 0 Å². The van der Waals surface area contributed by atoms with E-state index in [1.54, 1.807) is 27.7 Å². The zero-order valence-electron chi connectivity index (χ0n) is 31.5. The van der Waals surface area contributed by atoms with Gasteiger partial charge in [0.05, 0.1) is 61.5 Å². The minimum atomic E-state index is -4.62. The van der Waals surface area contributed by atoms with Crippen LogP contribution in [0.4, 0.5) is 38.0 Å². The highest BCUT2D eigenvalue weighted by Crippen LogP contribution is 2.40. The summed E-state index contributed by atoms with van der Waals surface area (Å²) in [5.74, 6) is 0.776. The number of rotatable bonds is 4. The number of alkyl halides is 6. The van der Waals surface area contributed by atoms with Gasteiger partial charge >= 0.3 is 19.5 Å². The van der Waals surface area contributed by atoms with Crippen LogP contribution in [0.1, 0.15) is 52.9 Å². The zero-order chi connectivity index (χ0) is 43.0. The Morgan fingerprint density at radius 2 is 1.19 bits per heavy atom. The van der Waals surface area contributed by atoms with E-state index in [0.29, 0.717) is 52.8 Å². The van der Waals surface area contributed by atoms with Gasteiger partial charge < -0.3 is 28.6 Å². The van der Waals surface area contributed by atoms with Crippen molar-refractivity contribution >= 4 is 93.2 Å². The Balaban J connectivity index is 0.000000170. The van der Waals surface area contributed by atoms with E-state index in [2.05, 4.69) is 42.0 Å². The standard InChI is InChI=1S/C13H12Cl2F3N5O.C10H14BF3N2O2.C9H10Cl2IN3O/c1-6-5-24-3-2-23(6)12-8(14)10(15)20-11(21-12)7-4-19-22-9(7)13(16,17)18;1-8(2)9(3,4)18-11(17-8)6-5-15-16-7(6)10(12,13)14;1-5-4-16-3-2-15(5)8-6(10)7(11)13-9(12)14-8/h4,6H,2-3,5H2,1H3,(H,19,22);5H,1-4H3,(H,15,16);5H,2-4H2,1H3/t6-;;5-/m1.1/s1. The quantitative estimate of drug-likeness (QED) is 0.0676. The van der Waals surface area contributed by atoms with Gasteiger partial charge in [0.25, 0.3) is 0 Å². The van der Waals surface area contributed by atoms with E-state index in [1.807, 2.05) is 44.6 Å². The van der Waals surface area contributed by atoms with Gasteiger partial charge in [0.2, 0.25) is 0 Å². The lowest BCUT2D eigenvalue weighted by Gasteiger charge is -2.34. The van der Waals surface area contributed by atoms with Gasteiger partial charge in [-0.15, -0.1) is 0 Å². The van der Waals surface area contributed by atoms with Crippen LogP contribution in [0.5, 0.6) is 0 Å². The summed E-state index contributed by atoms with van der Waals surface area (Å²) in [6.45, 7) is 14.6. The minimum absolute atomic E-state index is 0.0542. The third kappa shape index (κ3) is 10.5. The second-order valence-corrected chi connectivity index (χ2v) is 16.5. The molecule has 318 valence electrons.